The zero-order valence-corrected chi connectivity index (χ0v) is 11.4. The van der Waals surface area contributed by atoms with Crippen LogP contribution in [-0.2, 0) is 4.79 Å². The normalized spacial score (nSPS) is 33.1. The predicted octanol–water partition coefficient (Wildman–Crippen LogP) is 2.06. The van der Waals surface area contributed by atoms with Crippen molar-refractivity contribution in [1.29, 1.82) is 0 Å². The number of carbonyl (C=O) groups is 1. The number of hydrogen-bond acceptors (Lipinski definition) is 3. The van der Waals surface area contributed by atoms with Gasteiger partial charge in [0, 0.05) is 18.2 Å². The van der Waals surface area contributed by atoms with Gasteiger partial charge in [-0.25, -0.2) is 9.37 Å². The molecule has 4 nitrogen and oxygen atoms in total. The van der Waals surface area contributed by atoms with E-state index in [1.807, 2.05) is 0 Å². The number of pyridine rings is 1. The Labute approximate surface area is 112 Å². The van der Waals surface area contributed by atoms with Gasteiger partial charge >= 0.3 is 0 Å². The minimum atomic E-state index is -0.429. The van der Waals surface area contributed by atoms with E-state index in [0.717, 1.165) is 12.8 Å². The first kappa shape index (κ1) is 12.0. The van der Waals surface area contributed by atoms with Gasteiger partial charge < -0.3 is 10.6 Å². The summed E-state index contributed by atoms with van der Waals surface area (Å²) in [5, 5.41) is 5.91. The van der Waals surface area contributed by atoms with Crippen LogP contribution in [0.3, 0.4) is 0 Å². The van der Waals surface area contributed by atoms with Crippen LogP contribution in [0.5, 0.6) is 0 Å². The molecule has 2 N–H and O–H groups in total. The molecule has 0 bridgehead atoms. The van der Waals surface area contributed by atoms with E-state index in [9.17, 15) is 9.18 Å². The van der Waals surface area contributed by atoms with Crippen LogP contribution >= 0.6 is 15.9 Å². The van der Waals surface area contributed by atoms with Crippen LogP contribution in [0, 0.1) is 11.2 Å². The van der Waals surface area contributed by atoms with Gasteiger partial charge in [0.1, 0.15) is 16.2 Å². The lowest BCUT2D eigenvalue weighted by atomic mass is 10.0. The van der Waals surface area contributed by atoms with Gasteiger partial charge in [-0.2, -0.15) is 0 Å². The number of nitrogens with zero attached hydrogens (tertiary/aromatic N) is 1. The zero-order valence-electron chi connectivity index (χ0n) is 9.84. The number of amides is 1. The Morgan fingerprint density at radius 1 is 1.61 bits per heavy atom. The Hall–Kier alpha value is -1.01. The summed E-state index contributed by atoms with van der Waals surface area (Å²) < 4.78 is 13.5. The van der Waals surface area contributed by atoms with Crippen molar-refractivity contribution < 1.29 is 9.18 Å². The summed E-state index contributed by atoms with van der Waals surface area (Å²) >= 11 is 3.09. The van der Waals surface area contributed by atoms with Crippen molar-refractivity contribution in [3.63, 3.8) is 0 Å². The average molecular weight is 314 g/mol. The van der Waals surface area contributed by atoms with Crippen LogP contribution < -0.4 is 10.6 Å². The summed E-state index contributed by atoms with van der Waals surface area (Å²) in [6.07, 6.45) is 1.97. The number of fused-ring (bicyclic) bond motifs is 1. The highest BCUT2D eigenvalue weighted by Crippen LogP contribution is 2.53. The Kier molecular flexibility index (Phi) is 2.67. The van der Waals surface area contributed by atoms with E-state index in [1.165, 1.54) is 12.1 Å². The molecular weight excluding hydrogens is 301 g/mol. The monoisotopic (exact) mass is 313 g/mol. The summed E-state index contributed by atoms with van der Waals surface area (Å²) in [6.45, 7) is 2.18. The third-order valence-corrected chi connectivity index (χ3v) is 4.16. The van der Waals surface area contributed by atoms with Crippen molar-refractivity contribution in [1.82, 2.24) is 10.3 Å². The third-order valence-electron chi connectivity index (χ3n) is 3.75. The van der Waals surface area contributed by atoms with Crippen molar-refractivity contribution >= 4 is 27.7 Å². The molecule has 3 rings (SSSR count). The highest BCUT2D eigenvalue weighted by Gasteiger charge is 2.58. The van der Waals surface area contributed by atoms with Gasteiger partial charge in [0.05, 0.1) is 6.04 Å². The summed E-state index contributed by atoms with van der Waals surface area (Å²) in [4.78, 5) is 16.0. The van der Waals surface area contributed by atoms with E-state index in [2.05, 4.69) is 38.5 Å². The topological polar surface area (TPSA) is 54.0 Å². The molecule has 1 aliphatic carbocycles. The third kappa shape index (κ3) is 2.14. The molecule has 96 valence electrons. The number of hydrogen-bond donors (Lipinski definition) is 2. The Morgan fingerprint density at radius 2 is 2.39 bits per heavy atom. The Morgan fingerprint density at radius 3 is 3.00 bits per heavy atom. The molecule has 3 atom stereocenters. The number of piperidine rings is 1. The maximum Gasteiger partial charge on any atom is 0.242 e. The smallest absolute Gasteiger partial charge is 0.242 e. The second-order valence-corrected chi connectivity index (χ2v) is 6.13. The van der Waals surface area contributed by atoms with Gasteiger partial charge in [0.15, 0.2) is 0 Å². The number of anilines is 1. The van der Waals surface area contributed by atoms with Gasteiger partial charge in [-0.05, 0) is 34.2 Å². The fourth-order valence-corrected chi connectivity index (χ4v) is 2.98. The molecule has 1 saturated heterocycles. The lowest BCUT2D eigenvalue weighted by Crippen LogP contribution is -2.38. The molecule has 0 aromatic carbocycles. The summed E-state index contributed by atoms with van der Waals surface area (Å²) in [5.41, 5.74) is 0.276. The van der Waals surface area contributed by atoms with Crippen LogP contribution in [0.4, 0.5) is 10.2 Å². The van der Waals surface area contributed by atoms with E-state index >= 15 is 0 Å². The quantitative estimate of drug-likeness (QED) is 0.822. The van der Waals surface area contributed by atoms with Crippen LogP contribution in [0.25, 0.3) is 0 Å². The molecule has 6 heteroatoms. The van der Waals surface area contributed by atoms with E-state index in [4.69, 9.17) is 0 Å². The molecule has 1 saturated carbocycles. The second-order valence-electron chi connectivity index (χ2n) is 5.32. The van der Waals surface area contributed by atoms with Crippen molar-refractivity contribution in [3.05, 3.63) is 22.6 Å². The van der Waals surface area contributed by atoms with Crippen LogP contribution in [0.2, 0.25) is 0 Å². The molecule has 1 aliphatic heterocycles. The van der Waals surface area contributed by atoms with Crippen molar-refractivity contribution in [2.24, 2.45) is 5.41 Å². The molecule has 18 heavy (non-hydrogen) atoms. The number of nitrogens with one attached hydrogen (secondary N) is 2. The largest absolute Gasteiger partial charge is 0.309 e. The predicted molar refractivity (Wildman–Crippen MR) is 68.6 cm³/mol. The molecule has 1 aromatic rings. The highest BCUT2D eigenvalue weighted by molar-refractivity contribution is 9.10. The number of rotatable bonds is 2. The lowest BCUT2D eigenvalue weighted by molar-refractivity contribution is -0.118. The van der Waals surface area contributed by atoms with Gasteiger partial charge in [0.25, 0.3) is 0 Å². The first-order valence-corrected chi connectivity index (χ1v) is 6.66. The number of halogens is 2. The molecule has 2 fully saturated rings. The van der Waals surface area contributed by atoms with Gasteiger partial charge in [-0.15, -0.1) is 0 Å². The molecule has 1 amide bonds. The molecule has 1 aromatic heterocycles. The maximum absolute atomic E-state index is 13.1. The van der Waals surface area contributed by atoms with Crippen molar-refractivity contribution in [2.75, 3.05) is 5.32 Å². The molecule has 2 aliphatic rings. The fraction of sp³-hybridized carbons (Fsp3) is 0.500. The van der Waals surface area contributed by atoms with Gasteiger partial charge in [-0.1, -0.05) is 6.92 Å². The van der Waals surface area contributed by atoms with Crippen LogP contribution in [-0.4, -0.2) is 23.0 Å². The standard InChI is InChI=1S/C12H13BrFN3O/c1-12-4-7(15-8(12)5-12)11(18)17-10-3-6(14)2-9(13)16-10/h2-3,7-8,15H,4-5H2,1H3,(H,16,17,18). The Bertz CT molecular complexity index is 504. The highest BCUT2D eigenvalue weighted by atomic mass is 79.9. The number of aromatic nitrogens is 1. The maximum atomic E-state index is 13.1. The van der Waals surface area contributed by atoms with E-state index in [-0.39, 0.29) is 23.2 Å². The van der Waals surface area contributed by atoms with Crippen molar-refractivity contribution in [2.45, 2.75) is 31.8 Å². The van der Waals surface area contributed by atoms with E-state index < -0.39 is 5.82 Å². The molecular formula is C12H13BrFN3O. The molecule has 2 heterocycles. The lowest BCUT2D eigenvalue weighted by Gasteiger charge is -2.14. The SMILES string of the molecule is CC12CC(C(=O)Nc3cc(F)cc(Br)n3)NC1C2. The molecule has 0 spiro atoms. The minimum Gasteiger partial charge on any atom is -0.309 e. The van der Waals surface area contributed by atoms with Crippen LogP contribution in [0.1, 0.15) is 19.8 Å². The summed E-state index contributed by atoms with van der Waals surface area (Å²) in [5.74, 6) is -0.339. The zero-order chi connectivity index (χ0) is 12.9. The minimum absolute atomic E-state index is 0.145. The van der Waals surface area contributed by atoms with Gasteiger partial charge in [0.2, 0.25) is 5.91 Å². The van der Waals surface area contributed by atoms with E-state index in [0.29, 0.717) is 10.6 Å². The first-order valence-electron chi connectivity index (χ1n) is 5.86. The van der Waals surface area contributed by atoms with Crippen LogP contribution in [0.15, 0.2) is 16.7 Å². The number of carbonyl (C=O) groups excluding carboxylic acids is 1. The molecule has 0 radical (unpaired) electrons. The molecule has 3 unspecified atom stereocenters. The van der Waals surface area contributed by atoms with Crippen molar-refractivity contribution in [3.8, 4) is 0 Å². The second kappa shape index (κ2) is 3.99. The van der Waals surface area contributed by atoms with E-state index in [1.54, 1.807) is 0 Å². The van der Waals surface area contributed by atoms with Gasteiger partial charge in [-0.3, -0.25) is 4.79 Å². The summed E-state index contributed by atoms with van der Waals surface area (Å²) in [7, 11) is 0. The average Bonchev–Trinajstić information content (AvgIpc) is 2.75. The summed E-state index contributed by atoms with van der Waals surface area (Å²) in [6, 6.07) is 2.72. The Balaban J connectivity index is 1.67. The fourth-order valence-electron chi connectivity index (χ4n) is 2.57. The first-order chi connectivity index (χ1) is 8.46.